The number of aliphatic hydroxyl groups is 1. The first kappa shape index (κ1) is 9.80. The summed E-state index contributed by atoms with van der Waals surface area (Å²) in [4.78, 5) is 4.12. The van der Waals surface area contributed by atoms with E-state index in [-0.39, 0.29) is 6.61 Å². The van der Waals surface area contributed by atoms with Gasteiger partial charge in [0.25, 0.3) is 0 Å². The normalized spacial score (nSPS) is 13.5. The van der Waals surface area contributed by atoms with Crippen molar-refractivity contribution in [3.05, 3.63) is 0 Å². The molecule has 0 saturated carbocycles. The Bertz CT molecular complexity index is 70.7. The third-order valence-corrected chi connectivity index (χ3v) is 0.836. The van der Waals surface area contributed by atoms with Gasteiger partial charge >= 0.3 is 0 Å². The number of hydrogen-bond acceptors (Lipinski definition) is 5. The van der Waals surface area contributed by atoms with Gasteiger partial charge < -0.3 is 14.6 Å². The molecule has 62 valence electrons. The molecule has 0 amide bonds. The third kappa shape index (κ3) is 5.93. The van der Waals surface area contributed by atoms with Crippen molar-refractivity contribution in [3.8, 4) is 0 Å². The molecule has 0 aromatic carbocycles. The average molecular weight is 151 g/mol. The van der Waals surface area contributed by atoms with Crippen molar-refractivity contribution in [2.45, 2.75) is 6.29 Å². The van der Waals surface area contributed by atoms with Crippen molar-refractivity contribution in [3.63, 3.8) is 0 Å². The fraction of sp³-hybridized carbons (Fsp3) is 1.00. The van der Waals surface area contributed by atoms with Crippen LogP contribution in [0.3, 0.4) is 0 Å². The highest BCUT2D eigenvalue weighted by atomic mass is 16.7. The second-order valence-corrected chi connectivity index (χ2v) is 1.65. The monoisotopic (exact) mass is 151 g/mol. The van der Waals surface area contributed by atoms with Crippen molar-refractivity contribution < 1.29 is 19.4 Å². The number of hydrogen-bond donors (Lipinski definition) is 2. The minimum atomic E-state index is -0.958. The zero-order valence-corrected chi connectivity index (χ0v) is 5.95. The Balaban J connectivity index is 2.97. The summed E-state index contributed by atoms with van der Waals surface area (Å²) in [5.41, 5.74) is 0. The van der Waals surface area contributed by atoms with Crippen molar-refractivity contribution >= 4 is 0 Å². The average Bonchev–Trinajstić information content (AvgIpc) is 1.89. The lowest BCUT2D eigenvalue weighted by molar-refractivity contribution is -0.145. The molecule has 0 spiro atoms. The number of methoxy groups -OCH3 is 1. The Morgan fingerprint density at radius 2 is 2.20 bits per heavy atom. The molecule has 1 atom stereocenters. The Kier molecular flexibility index (Phi) is 6.78. The molecule has 0 aromatic heterocycles. The summed E-state index contributed by atoms with van der Waals surface area (Å²) in [6.07, 6.45) is -0.958. The van der Waals surface area contributed by atoms with Gasteiger partial charge in [-0.25, -0.2) is 5.90 Å². The van der Waals surface area contributed by atoms with Crippen LogP contribution in [0.5, 0.6) is 0 Å². The van der Waals surface area contributed by atoms with E-state index in [4.69, 9.17) is 9.84 Å². The lowest BCUT2D eigenvalue weighted by atomic mass is 10.7. The molecule has 0 aliphatic rings. The van der Waals surface area contributed by atoms with Crippen LogP contribution in [-0.4, -0.2) is 38.3 Å². The van der Waals surface area contributed by atoms with E-state index in [1.807, 2.05) is 0 Å². The summed E-state index contributed by atoms with van der Waals surface area (Å²) in [6.45, 7) is 0.756. The Labute approximate surface area is 59.6 Å². The maximum atomic E-state index is 8.79. The molecule has 1 unspecified atom stereocenters. The van der Waals surface area contributed by atoms with Crippen LogP contribution in [-0.2, 0) is 14.3 Å². The van der Waals surface area contributed by atoms with Crippen molar-refractivity contribution in [1.82, 2.24) is 0 Å². The van der Waals surface area contributed by atoms with Crippen LogP contribution in [0.15, 0.2) is 0 Å². The van der Waals surface area contributed by atoms with Gasteiger partial charge in [-0.1, -0.05) is 0 Å². The molecule has 5 heteroatoms. The fourth-order valence-corrected chi connectivity index (χ4v) is 0.398. The van der Waals surface area contributed by atoms with E-state index in [2.05, 4.69) is 15.5 Å². The lowest BCUT2D eigenvalue weighted by Gasteiger charge is -2.08. The van der Waals surface area contributed by atoms with Crippen LogP contribution in [0.25, 0.3) is 0 Å². The smallest absolute Gasteiger partial charge is 0.180 e. The molecule has 0 saturated heterocycles. The highest BCUT2D eigenvalue weighted by Gasteiger charge is 2.01. The molecule has 10 heavy (non-hydrogen) atoms. The first-order chi connectivity index (χ1) is 4.81. The molecule has 0 aliphatic heterocycles. The van der Waals surface area contributed by atoms with Crippen LogP contribution < -0.4 is 5.90 Å². The quantitative estimate of drug-likeness (QED) is 0.285. The molecular formula is C5H13NO4. The van der Waals surface area contributed by atoms with Gasteiger partial charge in [0.05, 0.1) is 13.2 Å². The maximum Gasteiger partial charge on any atom is 0.180 e. The van der Waals surface area contributed by atoms with E-state index < -0.39 is 6.29 Å². The SMILES string of the molecule is COCCOC(O)CON. The van der Waals surface area contributed by atoms with Crippen LogP contribution in [0.1, 0.15) is 0 Å². The molecule has 0 aromatic rings. The molecule has 5 nitrogen and oxygen atoms in total. The van der Waals surface area contributed by atoms with Gasteiger partial charge in [0.2, 0.25) is 0 Å². The van der Waals surface area contributed by atoms with E-state index in [1.54, 1.807) is 7.11 Å². The van der Waals surface area contributed by atoms with E-state index in [9.17, 15) is 0 Å². The summed E-state index contributed by atoms with van der Waals surface area (Å²) in [5.74, 6) is 4.66. The van der Waals surface area contributed by atoms with E-state index in [0.717, 1.165) is 0 Å². The molecule has 0 rings (SSSR count). The minimum Gasteiger partial charge on any atom is -0.382 e. The first-order valence-electron chi connectivity index (χ1n) is 2.91. The topological polar surface area (TPSA) is 73.9 Å². The summed E-state index contributed by atoms with van der Waals surface area (Å²) in [7, 11) is 1.55. The molecular weight excluding hydrogens is 138 g/mol. The Morgan fingerprint density at radius 1 is 1.50 bits per heavy atom. The van der Waals surface area contributed by atoms with Crippen LogP contribution in [0.4, 0.5) is 0 Å². The van der Waals surface area contributed by atoms with Gasteiger partial charge in [-0.2, -0.15) is 0 Å². The highest BCUT2D eigenvalue weighted by molar-refractivity contribution is 4.35. The number of aliphatic hydroxyl groups excluding tert-OH is 1. The summed E-state index contributed by atoms with van der Waals surface area (Å²) < 4.78 is 9.41. The fourth-order valence-electron chi connectivity index (χ4n) is 0.398. The lowest BCUT2D eigenvalue weighted by Crippen LogP contribution is -2.22. The van der Waals surface area contributed by atoms with Gasteiger partial charge in [0, 0.05) is 7.11 Å². The first-order valence-corrected chi connectivity index (χ1v) is 2.91. The standard InChI is InChI=1S/C5H13NO4/c1-8-2-3-9-5(7)4-10-6/h5,7H,2-4,6H2,1H3. The predicted octanol–water partition coefficient (Wildman–Crippen LogP) is -1.14. The predicted molar refractivity (Wildman–Crippen MR) is 34.0 cm³/mol. The van der Waals surface area contributed by atoms with Gasteiger partial charge in [-0.05, 0) is 0 Å². The number of ether oxygens (including phenoxy) is 2. The largest absolute Gasteiger partial charge is 0.382 e. The van der Waals surface area contributed by atoms with Crippen LogP contribution >= 0.6 is 0 Å². The van der Waals surface area contributed by atoms with Crippen LogP contribution in [0, 0.1) is 0 Å². The third-order valence-electron chi connectivity index (χ3n) is 0.836. The Hall–Kier alpha value is -0.200. The van der Waals surface area contributed by atoms with Gasteiger partial charge in [-0.15, -0.1) is 0 Å². The van der Waals surface area contributed by atoms with E-state index in [1.165, 1.54) is 0 Å². The maximum absolute atomic E-state index is 8.79. The minimum absolute atomic E-state index is 0.0241. The van der Waals surface area contributed by atoms with Crippen LogP contribution in [0.2, 0.25) is 0 Å². The summed E-state index contributed by atoms with van der Waals surface area (Å²) in [5, 5.41) is 8.79. The molecule has 0 fully saturated rings. The van der Waals surface area contributed by atoms with Gasteiger partial charge in [0.1, 0.15) is 6.61 Å². The van der Waals surface area contributed by atoms with E-state index in [0.29, 0.717) is 13.2 Å². The molecule has 3 N–H and O–H groups in total. The summed E-state index contributed by atoms with van der Waals surface area (Å²) >= 11 is 0. The Morgan fingerprint density at radius 3 is 2.70 bits per heavy atom. The summed E-state index contributed by atoms with van der Waals surface area (Å²) in [6, 6.07) is 0. The van der Waals surface area contributed by atoms with Gasteiger partial charge in [-0.3, -0.25) is 4.84 Å². The van der Waals surface area contributed by atoms with Crippen molar-refractivity contribution in [2.75, 3.05) is 26.9 Å². The zero-order chi connectivity index (χ0) is 7.82. The van der Waals surface area contributed by atoms with Gasteiger partial charge in [0.15, 0.2) is 6.29 Å². The number of rotatable bonds is 6. The second kappa shape index (κ2) is 6.91. The molecule has 0 radical (unpaired) electrons. The highest BCUT2D eigenvalue weighted by Crippen LogP contribution is 1.85. The molecule has 0 heterocycles. The zero-order valence-electron chi connectivity index (χ0n) is 5.95. The molecule has 0 bridgehead atoms. The molecule has 0 aliphatic carbocycles. The second-order valence-electron chi connectivity index (χ2n) is 1.65. The van der Waals surface area contributed by atoms with Crippen molar-refractivity contribution in [1.29, 1.82) is 0 Å². The van der Waals surface area contributed by atoms with E-state index >= 15 is 0 Å². The number of nitrogens with two attached hydrogens (primary N) is 1. The van der Waals surface area contributed by atoms with Crippen molar-refractivity contribution in [2.24, 2.45) is 5.90 Å².